The number of likely N-dealkylation sites (N-methyl/N-ethyl adjacent to an activating group) is 1. The maximum Gasteiger partial charge on any atom is 0.470 e. The Morgan fingerprint density at radius 1 is 1.33 bits per heavy atom. The third-order valence-electron chi connectivity index (χ3n) is 2.54. The number of hydrogen-bond donors (Lipinski definition) is 4. The molecule has 0 spiro atoms. The highest BCUT2D eigenvalue weighted by atomic mass is 31.2. The standard InChI is InChI=1S/C10H24NO6P/c1-5-10(6-9(13)7-12,8-11(2,3)4)17-18(14,15)16/h9,12-13H,5-8H2,1-4H3,(H-,14,15,16)/p+1. The molecule has 2 unspecified atom stereocenters. The number of nitrogens with zero attached hydrogens (tertiary/aromatic N) is 1. The van der Waals surface area contributed by atoms with E-state index in [1.54, 1.807) is 6.92 Å². The predicted octanol–water partition coefficient (Wildman–Crippen LogP) is -0.306. The minimum Gasteiger partial charge on any atom is -0.394 e. The molecule has 0 aromatic carbocycles. The van der Waals surface area contributed by atoms with Crippen LogP contribution in [0.25, 0.3) is 0 Å². The number of aliphatic hydroxyl groups is 2. The highest BCUT2D eigenvalue weighted by Gasteiger charge is 2.42. The van der Waals surface area contributed by atoms with E-state index in [-0.39, 0.29) is 6.42 Å². The van der Waals surface area contributed by atoms with Gasteiger partial charge in [-0.1, -0.05) is 6.92 Å². The number of aliphatic hydroxyl groups excluding tert-OH is 2. The Kier molecular flexibility index (Phi) is 6.43. The molecule has 18 heavy (non-hydrogen) atoms. The van der Waals surface area contributed by atoms with Crippen LogP contribution in [-0.4, -0.2) is 70.5 Å². The fourth-order valence-electron chi connectivity index (χ4n) is 2.06. The van der Waals surface area contributed by atoms with Crippen LogP contribution in [0.15, 0.2) is 0 Å². The first kappa shape index (κ1) is 18.0. The molecule has 0 heterocycles. The van der Waals surface area contributed by atoms with Gasteiger partial charge >= 0.3 is 7.82 Å². The van der Waals surface area contributed by atoms with Crippen LogP contribution in [0.3, 0.4) is 0 Å². The lowest BCUT2D eigenvalue weighted by atomic mass is 9.92. The van der Waals surface area contributed by atoms with Crippen LogP contribution in [0.2, 0.25) is 0 Å². The molecule has 0 aliphatic rings. The van der Waals surface area contributed by atoms with Crippen molar-refractivity contribution in [1.29, 1.82) is 0 Å². The highest BCUT2D eigenvalue weighted by molar-refractivity contribution is 7.46. The van der Waals surface area contributed by atoms with Crippen LogP contribution >= 0.6 is 7.82 Å². The molecular weight excluding hydrogens is 261 g/mol. The van der Waals surface area contributed by atoms with Crippen LogP contribution in [0.4, 0.5) is 0 Å². The zero-order valence-corrected chi connectivity index (χ0v) is 12.3. The van der Waals surface area contributed by atoms with E-state index in [0.717, 1.165) is 0 Å². The van der Waals surface area contributed by atoms with E-state index in [4.69, 9.17) is 19.4 Å². The Morgan fingerprint density at radius 2 is 1.83 bits per heavy atom. The Morgan fingerprint density at radius 3 is 2.11 bits per heavy atom. The second-order valence-corrected chi connectivity index (χ2v) is 6.77. The summed E-state index contributed by atoms with van der Waals surface area (Å²) in [5, 5.41) is 18.4. The van der Waals surface area contributed by atoms with Gasteiger partial charge in [0.15, 0.2) is 0 Å². The van der Waals surface area contributed by atoms with Crippen LogP contribution in [-0.2, 0) is 9.09 Å². The molecule has 4 N–H and O–H groups in total. The molecule has 0 aromatic rings. The van der Waals surface area contributed by atoms with E-state index in [1.165, 1.54) is 0 Å². The van der Waals surface area contributed by atoms with E-state index >= 15 is 0 Å². The van der Waals surface area contributed by atoms with E-state index in [1.807, 2.05) is 21.1 Å². The third-order valence-corrected chi connectivity index (χ3v) is 3.16. The second kappa shape index (κ2) is 6.43. The van der Waals surface area contributed by atoms with Crippen molar-refractivity contribution in [1.82, 2.24) is 0 Å². The summed E-state index contributed by atoms with van der Waals surface area (Å²) in [6.07, 6.45) is -0.770. The second-order valence-electron chi connectivity index (χ2n) is 5.61. The molecule has 0 fully saturated rings. The summed E-state index contributed by atoms with van der Waals surface area (Å²) < 4.78 is 16.4. The van der Waals surface area contributed by atoms with Gasteiger partial charge in [-0.05, 0) is 6.42 Å². The van der Waals surface area contributed by atoms with Gasteiger partial charge in [0, 0.05) is 6.42 Å². The topological polar surface area (TPSA) is 107 Å². The SMILES string of the molecule is CCC(CC(O)CO)(C[N+](C)(C)C)OP(=O)(O)O. The first-order chi connectivity index (χ1) is 7.93. The van der Waals surface area contributed by atoms with Crippen molar-refractivity contribution >= 4 is 7.82 Å². The van der Waals surface area contributed by atoms with Gasteiger partial charge < -0.3 is 24.5 Å². The molecule has 0 aliphatic carbocycles. The molecule has 0 amide bonds. The fraction of sp³-hybridized carbons (Fsp3) is 1.00. The Hall–Kier alpha value is -0.0100. The maximum absolute atomic E-state index is 11.1. The third kappa shape index (κ3) is 7.43. The number of phosphoric ester groups is 1. The zero-order valence-electron chi connectivity index (χ0n) is 11.4. The van der Waals surface area contributed by atoms with Crippen LogP contribution < -0.4 is 0 Å². The van der Waals surface area contributed by atoms with E-state index in [0.29, 0.717) is 17.4 Å². The minimum absolute atomic E-state index is 0.0272. The molecular formula is C10H25NO6P+. The van der Waals surface area contributed by atoms with Crippen molar-refractivity contribution in [3.8, 4) is 0 Å². The number of rotatable bonds is 8. The molecule has 0 aromatic heterocycles. The molecule has 0 aliphatic heterocycles. The lowest BCUT2D eigenvalue weighted by molar-refractivity contribution is -0.876. The van der Waals surface area contributed by atoms with Gasteiger partial charge in [-0.3, -0.25) is 4.52 Å². The monoisotopic (exact) mass is 286 g/mol. The maximum atomic E-state index is 11.1. The summed E-state index contributed by atoms with van der Waals surface area (Å²) >= 11 is 0. The van der Waals surface area contributed by atoms with Crippen molar-refractivity contribution in [2.24, 2.45) is 0 Å². The normalized spacial score (nSPS) is 18.4. The molecule has 2 atom stereocenters. The summed E-state index contributed by atoms with van der Waals surface area (Å²) in [5.74, 6) is 0. The first-order valence-electron chi connectivity index (χ1n) is 5.79. The van der Waals surface area contributed by atoms with Crippen molar-refractivity contribution in [3.05, 3.63) is 0 Å². The Bertz CT molecular complexity index is 299. The molecule has 0 saturated carbocycles. The summed E-state index contributed by atoms with van der Waals surface area (Å²) in [4.78, 5) is 18.0. The van der Waals surface area contributed by atoms with E-state index in [2.05, 4.69) is 0 Å². The summed E-state index contributed by atoms with van der Waals surface area (Å²) in [7, 11) is 0.920. The lowest BCUT2D eigenvalue weighted by Crippen LogP contribution is -2.51. The van der Waals surface area contributed by atoms with Gasteiger partial charge in [0.25, 0.3) is 0 Å². The van der Waals surface area contributed by atoms with Gasteiger partial charge in [-0.15, -0.1) is 0 Å². The first-order valence-corrected chi connectivity index (χ1v) is 7.32. The highest BCUT2D eigenvalue weighted by Crippen LogP contribution is 2.44. The zero-order chi connectivity index (χ0) is 14.6. The summed E-state index contributed by atoms with van der Waals surface area (Å²) in [5.41, 5.74) is -1.17. The Balaban J connectivity index is 5.13. The van der Waals surface area contributed by atoms with Crippen LogP contribution in [0.1, 0.15) is 19.8 Å². The fourth-order valence-corrected chi connectivity index (χ4v) is 2.83. The van der Waals surface area contributed by atoms with Gasteiger partial charge in [-0.2, -0.15) is 0 Å². The number of quaternary nitrogens is 1. The molecule has 0 radical (unpaired) electrons. The number of hydrogen-bond acceptors (Lipinski definition) is 4. The molecule has 0 bridgehead atoms. The molecule has 110 valence electrons. The molecule has 7 nitrogen and oxygen atoms in total. The molecule has 0 rings (SSSR count). The lowest BCUT2D eigenvalue weighted by Gasteiger charge is -2.39. The molecule has 0 saturated heterocycles. The molecule has 8 heteroatoms. The minimum atomic E-state index is -4.66. The Labute approximate surface area is 108 Å². The largest absolute Gasteiger partial charge is 0.470 e. The van der Waals surface area contributed by atoms with Crippen molar-refractivity contribution in [3.63, 3.8) is 0 Å². The van der Waals surface area contributed by atoms with Crippen molar-refractivity contribution in [2.75, 3.05) is 34.3 Å². The quantitative estimate of drug-likeness (QED) is 0.360. The smallest absolute Gasteiger partial charge is 0.394 e. The van der Waals surface area contributed by atoms with Crippen molar-refractivity contribution < 1.29 is 33.6 Å². The van der Waals surface area contributed by atoms with E-state index < -0.39 is 26.1 Å². The summed E-state index contributed by atoms with van der Waals surface area (Å²) in [6, 6.07) is 0. The average Bonchev–Trinajstić information content (AvgIpc) is 2.12. The average molecular weight is 286 g/mol. The van der Waals surface area contributed by atoms with Crippen LogP contribution in [0, 0.1) is 0 Å². The van der Waals surface area contributed by atoms with Gasteiger partial charge in [0.2, 0.25) is 0 Å². The van der Waals surface area contributed by atoms with Gasteiger partial charge in [-0.25, -0.2) is 4.57 Å². The number of phosphoric acid groups is 1. The van der Waals surface area contributed by atoms with Crippen molar-refractivity contribution in [2.45, 2.75) is 31.5 Å². The van der Waals surface area contributed by atoms with Gasteiger partial charge in [0.1, 0.15) is 12.1 Å². The van der Waals surface area contributed by atoms with Crippen LogP contribution in [0.5, 0.6) is 0 Å². The summed E-state index contributed by atoms with van der Waals surface area (Å²) in [6.45, 7) is 1.57. The van der Waals surface area contributed by atoms with Gasteiger partial charge in [0.05, 0.1) is 33.9 Å². The van der Waals surface area contributed by atoms with E-state index in [9.17, 15) is 9.67 Å². The predicted molar refractivity (Wildman–Crippen MR) is 66.8 cm³/mol.